The van der Waals surface area contributed by atoms with Gasteiger partial charge in [0, 0.05) is 37.2 Å². The Labute approximate surface area is 177 Å². The molecule has 0 atom stereocenters. The highest BCUT2D eigenvalue weighted by atomic mass is 32.1. The molecule has 0 aliphatic carbocycles. The van der Waals surface area contributed by atoms with Crippen molar-refractivity contribution < 1.29 is 19.1 Å². The maximum absolute atomic E-state index is 13.5. The van der Waals surface area contributed by atoms with Gasteiger partial charge in [0.1, 0.15) is 12.0 Å². The summed E-state index contributed by atoms with van der Waals surface area (Å²) in [5.41, 5.74) is 3.13. The number of methoxy groups -OCH3 is 1. The van der Waals surface area contributed by atoms with Crippen molar-refractivity contribution in [2.24, 2.45) is 0 Å². The topological polar surface area (TPSA) is 60.4 Å². The van der Waals surface area contributed by atoms with Gasteiger partial charge in [-0.05, 0) is 30.7 Å². The van der Waals surface area contributed by atoms with Gasteiger partial charge in [0.15, 0.2) is 11.6 Å². The van der Waals surface area contributed by atoms with Gasteiger partial charge in [-0.2, -0.15) is 0 Å². The fraction of sp³-hybridized carbons (Fsp3) is 0.0800. The molecule has 4 aromatic rings. The van der Waals surface area contributed by atoms with Crippen LogP contribution in [0.4, 0.5) is 0 Å². The van der Waals surface area contributed by atoms with Crippen LogP contribution >= 0.6 is 11.3 Å². The number of ketones is 2. The van der Waals surface area contributed by atoms with E-state index in [9.17, 15) is 14.4 Å². The molecule has 1 heterocycles. The van der Waals surface area contributed by atoms with Gasteiger partial charge in [-0.1, -0.05) is 48.5 Å². The minimum atomic E-state index is -0.115. The van der Waals surface area contributed by atoms with Gasteiger partial charge in [-0.15, -0.1) is 11.3 Å². The number of thiophene rings is 1. The van der Waals surface area contributed by atoms with Crippen LogP contribution < -0.4 is 4.74 Å². The van der Waals surface area contributed by atoms with Crippen molar-refractivity contribution in [1.29, 1.82) is 0 Å². The number of aldehydes is 1. The van der Waals surface area contributed by atoms with Crippen LogP contribution in [0.25, 0.3) is 20.5 Å². The summed E-state index contributed by atoms with van der Waals surface area (Å²) in [6.07, 6.45) is 0.794. The lowest BCUT2D eigenvalue weighted by Gasteiger charge is -2.06. The first kappa shape index (κ1) is 19.7. The molecule has 0 amide bonds. The molecule has 5 heteroatoms. The van der Waals surface area contributed by atoms with E-state index in [0.717, 1.165) is 32.6 Å². The van der Waals surface area contributed by atoms with Gasteiger partial charge in [0.25, 0.3) is 0 Å². The number of benzene rings is 3. The van der Waals surface area contributed by atoms with Gasteiger partial charge in [0.05, 0.1) is 7.11 Å². The zero-order valence-electron chi connectivity index (χ0n) is 16.5. The number of fused-ring (bicyclic) bond motifs is 1. The highest BCUT2D eigenvalue weighted by Crippen LogP contribution is 2.41. The summed E-state index contributed by atoms with van der Waals surface area (Å²) in [7, 11) is 1.61. The van der Waals surface area contributed by atoms with Crippen LogP contribution in [-0.4, -0.2) is 25.0 Å². The van der Waals surface area contributed by atoms with Gasteiger partial charge in [-0.3, -0.25) is 14.4 Å². The van der Waals surface area contributed by atoms with Gasteiger partial charge in [0.2, 0.25) is 0 Å². The summed E-state index contributed by atoms with van der Waals surface area (Å²) >= 11 is 1.51. The predicted octanol–water partition coefficient (Wildman–Crippen LogP) is 5.82. The monoisotopic (exact) mass is 414 g/mol. The molecular formula is C25H18O4S. The number of ether oxygens (including phenoxy) is 1. The summed E-state index contributed by atoms with van der Waals surface area (Å²) in [6, 6.07) is 19.5. The molecule has 0 radical (unpaired) electrons. The Morgan fingerprint density at radius 2 is 1.57 bits per heavy atom. The zero-order chi connectivity index (χ0) is 21.3. The molecule has 0 saturated heterocycles. The Hall–Kier alpha value is -3.57. The second kappa shape index (κ2) is 8.05. The minimum Gasteiger partial charge on any atom is -0.497 e. The molecule has 3 aromatic carbocycles. The molecule has 1 aromatic heterocycles. The summed E-state index contributed by atoms with van der Waals surface area (Å²) in [5, 5.41) is 0.843. The second-order valence-corrected chi connectivity index (χ2v) is 7.92. The predicted molar refractivity (Wildman–Crippen MR) is 119 cm³/mol. The lowest BCUT2D eigenvalue weighted by Crippen LogP contribution is -2.03. The average molecular weight is 414 g/mol. The molecule has 0 aliphatic heterocycles. The Morgan fingerprint density at radius 1 is 0.900 bits per heavy atom. The van der Waals surface area contributed by atoms with Crippen LogP contribution in [0, 0.1) is 0 Å². The van der Waals surface area contributed by atoms with E-state index in [4.69, 9.17) is 4.74 Å². The Morgan fingerprint density at radius 3 is 2.17 bits per heavy atom. The van der Waals surface area contributed by atoms with E-state index in [0.29, 0.717) is 22.3 Å². The number of hydrogen-bond donors (Lipinski definition) is 0. The van der Waals surface area contributed by atoms with E-state index in [2.05, 4.69) is 0 Å². The van der Waals surface area contributed by atoms with E-state index >= 15 is 0 Å². The average Bonchev–Trinajstić information content (AvgIpc) is 3.17. The summed E-state index contributed by atoms with van der Waals surface area (Å²) in [6.45, 7) is 1.50. The highest BCUT2D eigenvalue weighted by molar-refractivity contribution is 7.22. The number of Topliss-reactive ketones (excluding diaryl/α,β-unsaturated/α-hetero) is 1. The number of hydrogen-bond acceptors (Lipinski definition) is 5. The molecule has 0 unspecified atom stereocenters. The van der Waals surface area contributed by atoms with Crippen LogP contribution in [0.3, 0.4) is 0 Å². The van der Waals surface area contributed by atoms with Gasteiger partial charge < -0.3 is 4.74 Å². The molecule has 4 rings (SSSR count). The lowest BCUT2D eigenvalue weighted by molar-refractivity contribution is 0.101. The molecule has 148 valence electrons. The van der Waals surface area contributed by atoms with Crippen molar-refractivity contribution in [2.45, 2.75) is 6.92 Å². The Bertz CT molecular complexity index is 1270. The molecule has 30 heavy (non-hydrogen) atoms. The van der Waals surface area contributed by atoms with Crippen LogP contribution in [-0.2, 0) is 0 Å². The van der Waals surface area contributed by atoms with Crippen molar-refractivity contribution in [1.82, 2.24) is 0 Å². The smallest absolute Gasteiger partial charge is 0.195 e. The molecular weight excluding hydrogens is 396 g/mol. The highest BCUT2D eigenvalue weighted by Gasteiger charge is 2.22. The second-order valence-electron chi connectivity index (χ2n) is 6.87. The van der Waals surface area contributed by atoms with Crippen molar-refractivity contribution in [3.05, 3.63) is 89.0 Å². The molecule has 0 fully saturated rings. The molecule has 0 N–H and O–H groups in total. The minimum absolute atomic E-state index is 0.0435. The first-order valence-corrected chi connectivity index (χ1v) is 10.2. The van der Waals surface area contributed by atoms with Gasteiger partial charge in [-0.25, -0.2) is 0 Å². The SMILES string of the molecule is COc1ccc2c(C(=O)c3ccc(C(C)=O)cc3)c(-c3ccc(C=O)cc3)sc2c1. The summed E-state index contributed by atoms with van der Waals surface area (Å²) < 4.78 is 6.28. The van der Waals surface area contributed by atoms with E-state index < -0.39 is 0 Å². The lowest BCUT2D eigenvalue weighted by atomic mass is 9.96. The maximum atomic E-state index is 13.5. The third-order valence-electron chi connectivity index (χ3n) is 4.99. The first-order valence-electron chi connectivity index (χ1n) is 9.33. The van der Waals surface area contributed by atoms with Crippen LogP contribution in [0.5, 0.6) is 5.75 Å². The third-order valence-corrected chi connectivity index (χ3v) is 6.19. The standard InChI is InChI=1S/C25H18O4S/c1-15(27)17-7-9-18(10-8-17)24(28)23-21-12-11-20(29-2)13-22(21)30-25(23)19-5-3-16(14-26)4-6-19/h3-14H,1-2H3. The molecule has 0 saturated carbocycles. The number of carbonyl (C=O) groups excluding carboxylic acids is 3. The van der Waals surface area contributed by atoms with Crippen molar-refractivity contribution in [2.75, 3.05) is 7.11 Å². The maximum Gasteiger partial charge on any atom is 0.195 e. The third kappa shape index (κ3) is 3.55. The van der Waals surface area contributed by atoms with E-state index in [1.165, 1.54) is 18.3 Å². The fourth-order valence-electron chi connectivity index (χ4n) is 3.35. The van der Waals surface area contributed by atoms with E-state index in [1.807, 2.05) is 30.3 Å². The van der Waals surface area contributed by atoms with Crippen molar-refractivity contribution in [3.8, 4) is 16.2 Å². The largest absolute Gasteiger partial charge is 0.497 e. The van der Waals surface area contributed by atoms with Crippen LogP contribution in [0.1, 0.15) is 43.6 Å². The quantitative estimate of drug-likeness (QED) is 0.294. The van der Waals surface area contributed by atoms with Crippen LogP contribution in [0.15, 0.2) is 66.7 Å². The van der Waals surface area contributed by atoms with Crippen LogP contribution in [0.2, 0.25) is 0 Å². The van der Waals surface area contributed by atoms with Gasteiger partial charge >= 0.3 is 0 Å². The Balaban J connectivity index is 1.90. The summed E-state index contributed by atoms with van der Waals surface area (Å²) in [4.78, 5) is 36.9. The van der Waals surface area contributed by atoms with E-state index in [-0.39, 0.29) is 11.6 Å². The normalized spacial score (nSPS) is 10.7. The number of rotatable bonds is 6. The van der Waals surface area contributed by atoms with Crippen molar-refractivity contribution in [3.63, 3.8) is 0 Å². The summed E-state index contributed by atoms with van der Waals surface area (Å²) in [5.74, 6) is 0.561. The Kier molecular flexibility index (Phi) is 5.29. The fourth-order valence-corrected chi connectivity index (χ4v) is 4.58. The molecule has 0 aliphatic rings. The first-order chi connectivity index (χ1) is 14.5. The van der Waals surface area contributed by atoms with Crippen molar-refractivity contribution >= 4 is 39.3 Å². The molecule has 0 bridgehead atoms. The molecule has 4 nitrogen and oxygen atoms in total. The van der Waals surface area contributed by atoms with E-state index in [1.54, 1.807) is 43.5 Å². The number of carbonyl (C=O) groups is 3. The zero-order valence-corrected chi connectivity index (χ0v) is 17.3. The molecule has 0 spiro atoms.